The summed E-state index contributed by atoms with van der Waals surface area (Å²) in [5.74, 6) is 1.65. The van der Waals surface area contributed by atoms with Crippen molar-refractivity contribution in [2.75, 3.05) is 51.2 Å². The quantitative estimate of drug-likeness (QED) is 0.838. The molecule has 0 N–H and O–H groups in total. The van der Waals surface area contributed by atoms with E-state index < -0.39 is 0 Å². The van der Waals surface area contributed by atoms with Crippen LogP contribution in [0.2, 0.25) is 0 Å². The number of piperidine rings is 1. The Labute approximate surface area is 143 Å². The molecule has 0 aromatic carbocycles. The van der Waals surface area contributed by atoms with E-state index in [1.807, 2.05) is 17.0 Å². The molecule has 2 saturated heterocycles. The van der Waals surface area contributed by atoms with Gasteiger partial charge in [0.15, 0.2) is 0 Å². The van der Waals surface area contributed by atoms with Crippen LogP contribution in [0.25, 0.3) is 0 Å². The first-order valence-corrected chi connectivity index (χ1v) is 8.74. The van der Waals surface area contributed by atoms with Gasteiger partial charge >= 0.3 is 0 Å². The van der Waals surface area contributed by atoms with Crippen LogP contribution in [0.1, 0.15) is 25.0 Å². The highest BCUT2D eigenvalue weighted by atomic mass is 16.2. The van der Waals surface area contributed by atoms with E-state index in [0.717, 1.165) is 57.9 Å². The number of hydrogen-bond donors (Lipinski definition) is 0. The van der Waals surface area contributed by atoms with Gasteiger partial charge in [-0.3, -0.25) is 4.79 Å². The van der Waals surface area contributed by atoms with Crippen molar-refractivity contribution in [2.45, 2.75) is 19.3 Å². The monoisotopic (exact) mass is 327 g/mol. The normalized spacial score (nSPS) is 20.0. The van der Waals surface area contributed by atoms with E-state index in [4.69, 9.17) is 5.26 Å². The fourth-order valence-electron chi connectivity index (χ4n) is 3.46. The van der Waals surface area contributed by atoms with Gasteiger partial charge in [-0.2, -0.15) is 5.26 Å². The average Bonchev–Trinajstić information content (AvgIpc) is 2.63. The fourth-order valence-corrected chi connectivity index (χ4v) is 3.46. The number of likely N-dealkylation sites (N-methyl/N-ethyl adjacent to an activating group) is 1. The highest BCUT2D eigenvalue weighted by Crippen LogP contribution is 2.25. The van der Waals surface area contributed by atoms with Crippen molar-refractivity contribution in [3.05, 3.63) is 23.9 Å². The first-order valence-electron chi connectivity index (χ1n) is 8.74. The van der Waals surface area contributed by atoms with Crippen LogP contribution in [0, 0.1) is 17.2 Å². The van der Waals surface area contributed by atoms with E-state index in [2.05, 4.69) is 27.9 Å². The number of anilines is 1. The van der Waals surface area contributed by atoms with Crippen molar-refractivity contribution < 1.29 is 4.79 Å². The maximum absolute atomic E-state index is 12.5. The summed E-state index contributed by atoms with van der Waals surface area (Å²) in [4.78, 5) is 23.3. The molecular formula is C18H25N5O. The number of piperazine rings is 1. The zero-order valence-electron chi connectivity index (χ0n) is 14.3. The number of nitriles is 1. The topological polar surface area (TPSA) is 63.5 Å². The second-order valence-corrected chi connectivity index (χ2v) is 6.81. The lowest BCUT2D eigenvalue weighted by atomic mass is 9.93. The third-order valence-corrected chi connectivity index (χ3v) is 5.11. The standard InChI is InChI=1S/C18H25N5O/c1-21-9-11-23(12-10-21)18(24)13-15-5-7-22(8-6-15)17-4-2-3-16(14-19)20-17/h2-4,15H,5-13H2,1H3. The van der Waals surface area contributed by atoms with Crippen LogP contribution >= 0.6 is 0 Å². The van der Waals surface area contributed by atoms with Gasteiger partial charge in [-0.25, -0.2) is 4.98 Å². The van der Waals surface area contributed by atoms with Gasteiger partial charge in [0.2, 0.25) is 5.91 Å². The van der Waals surface area contributed by atoms with Crippen molar-refractivity contribution in [1.82, 2.24) is 14.8 Å². The Balaban J connectivity index is 1.48. The highest BCUT2D eigenvalue weighted by Gasteiger charge is 2.25. The smallest absolute Gasteiger partial charge is 0.222 e. The van der Waals surface area contributed by atoms with Gasteiger partial charge in [-0.1, -0.05) is 6.07 Å². The SMILES string of the molecule is CN1CCN(C(=O)CC2CCN(c3cccc(C#N)n3)CC2)CC1. The van der Waals surface area contributed by atoms with Crippen molar-refractivity contribution in [3.63, 3.8) is 0 Å². The van der Waals surface area contributed by atoms with Gasteiger partial charge in [-0.15, -0.1) is 0 Å². The van der Waals surface area contributed by atoms with E-state index in [1.165, 1.54) is 0 Å². The molecule has 0 aliphatic carbocycles. The van der Waals surface area contributed by atoms with Crippen LogP contribution in [0.15, 0.2) is 18.2 Å². The third-order valence-electron chi connectivity index (χ3n) is 5.11. The first-order chi connectivity index (χ1) is 11.7. The number of amides is 1. The molecule has 2 aliphatic heterocycles. The Kier molecular flexibility index (Phi) is 5.31. The minimum absolute atomic E-state index is 0.311. The Hall–Kier alpha value is -2.13. The number of pyridine rings is 1. The second-order valence-electron chi connectivity index (χ2n) is 6.81. The third kappa shape index (κ3) is 4.04. The van der Waals surface area contributed by atoms with Gasteiger partial charge in [0.25, 0.3) is 0 Å². The lowest BCUT2D eigenvalue weighted by molar-refractivity contribution is -0.133. The van der Waals surface area contributed by atoms with Gasteiger partial charge in [0, 0.05) is 45.7 Å². The first kappa shape index (κ1) is 16.7. The Bertz CT molecular complexity index is 610. The summed E-state index contributed by atoms with van der Waals surface area (Å²) in [6.45, 7) is 5.49. The lowest BCUT2D eigenvalue weighted by Crippen LogP contribution is -2.47. The Morgan fingerprint density at radius 3 is 2.58 bits per heavy atom. The molecular weight excluding hydrogens is 302 g/mol. The summed E-state index contributed by atoms with van der Waals surface area (Å²) in [5.41, 5.74) is 0.458. The van der Waals surface area contributed by atoms with Crippen molar-refractivity contribution in [2.24, 2.45) is 5.92 Å². The zero-order valence-corrected chi connectivity index (χ0v) is 14.3. The van der Waals surface area contributed by atoms with Crippen LogP contribution in [0.4, 0.5) is 5.82 Å². The molecule has 2 fully saturated rings. The number of carbonyl (C=O) groups is 1. The lowest BCUT2D eigenvalue weighted by Gasteiger charge is -2.35. The second kappa shape index (κ2) is 7.63. The van der Waals surface area contributed by atoms with Crippen molar-refractivity contribution in [3.8, 4) is 6.07 Å². The van der Waals surface area contributed by atoms with Gasteiger partial charge in [0.05, 0.1) is 0 Å². The summed E-state index contributed by atoms with van der Waals surface area (Å²) in [6.07, 6.45) is 2.69. The van der Waals surface area contributed by atoms with E-state index in [1.54, 1.807) is 6.07 Å². The number of aromatic nitrogens is 1. The molecule has 0 radical (unpaired) electrons. The molecule has 128 valence electrons. The largest absolute Gasteiger partial charge is 0.357 e. The van der Waals surface area contributed by atoms with Crippen LogP contribution in [0.5, 0.6) is 0 Å². The van der Waals surface area contributed by atoms with Crippen molar-refractivity contribution in [1.29, 1.82) is 5.26 Å². The van der Waals surface area contributed by atoms with Crippen LogP contribution in [0.3, 0.4) is 0 Å². The predicted octanol–water partition coefficient (Wildman–Crippen LogP) is 1.33. The number of nitrogens with zero attached hydrogens (tertiary/aromatic N) is 5. The molecule has 0 saturated carbocycles. The molecule has 6 heteroatoms. The summed E-state index contributed by atoms with van der Waals surface area (Å²) >= 11 is 0. The van der Waals surface area contributed by atoms with Gasteiger partial charge in [-0.05, 0) is 37.9 Å². The van der Waals surface area contributed by atoms with Crippen LogP contribution in [-0.4, -0.2) is 67.0 Å². The molecule has 3 heterocycles. The molecule has 0 bridgehead atoms. The Morgan fingerprint density at radius 2 is 1.92 bits per heavy atom. The maximum Gasteiger partial charge on any atom is 0.222 e. The van der Waals surface area contributed by atoms with Crippen LogP contribution in [-0.2, 0) is 4.79 Å². The van der Waals surface area contributed by atoms with E-state index in [9.17, 15) is 4.79 Å². The van der Waals surface area contributed by atoms with E-state index >= 15 is 0 Å². The van der Waals surface area contributed by atoms with E-state index in [-0.39, 0.29) is 0 Å². The van der Waals surface area contributed by atoms with Crippen LogP contribution < -0.4 is 4.90 Å². The molecule has 0 spiro atoms. The number of rotatable bonds is 3. The van der Waals surface area contributed by atoms with E-state index in [0.29, 0.717) is 23.9 Å². The molecule has 0 atom stereocenters. The molecule has 24 heavy (non-hydrogen) atoms. The predicted molar refractivity (Wildman–Crippen MR) is 92.6 cm³/mol. The highest BCUT2D eigenvalue weighted by molar-refractivity contribution is 5.76. The minimum atomic E-state index is 0.311. The zero-order chi connectivity index (χ0) is 16.9. The minimum Gasteiger partial charge on any atom is -0.357 e. The average molecular weight is 327 g/mol. The summed E-state index contributed by atoms with van der Waals surface area (Å²) < 4.78 is 0. The van der Waals surface area contributed by atoms with Gasteiger partial charge < -0.3 is 14.7 Å². The molecule has 0 unspecified atom stereocenters. The number of hydrogen-bond acceptors (Lipinski definition) is 5. The fraction of sp³-hybridized carbons (Fsp3) is 0.611. The molecule has 1 aromatic rings. The summed E-state index contributed by atoms with van der Waals surface area (Å²) in [7, 11) is 2.10. The molecule has 1 amide bonds. The summed E-state index contributed by atoms with van der Waals surface area (Å²) in [6, 6.07) is 7.65. The number of carbonyl (C=O) groups excluding carboxylic acids is 1. The Morgan fingerprint density at radius 1 is 1.21 bits per heavy atom. The molecule has 1 aromatic heterocycles. The van der Waals surface area contributed by atoms with Gasteiger partial charge in [0.1, 0.15) is 17.6 Å². The molecule has 6 nitrogen and oxygen atoms in total. The van der Waals surface area contributed by atoms with Crippen molar-refractivity contribution >= 4 is 11.7 Å². The summed E-state index contributed by atoms with van der Waals surface area (Å²) in [5, 5.41) is 8.97. The molecule has 2 aliphatic rings. The molecule has 3 rings (SSSR count). The maximum atomic E-state index is 12.5.